The molecule has 18 heavy (non-hydrogen) atoms. The fraction of sp³-hybridized carbons (Fsp3) is 0.667. The molecule has 0 aromatic carbocycles. The van der Waals surface area contributed by atoms with Crippen LogP contribution in [0.5, 0.6) is 0 Å². The van der Waals surface area contributed by atoms with Crippen molar-refractivity contribution in [2.75, 3.05) is 6.54 Å². The van der Waals surface area contributed by atoms with Crippen molar-refractivity contribution in [3.8, 4) is 0 Å². The Hall–Kier alpha value is -0.830. The normalized spacial score (nSPS) is 15.2. The SMILES string of the molecule is Cc1cc(C(=O)N(CCC(C)C)C2CC2)c(C)s1. The van der Waals surface area contributed by atoms with E-state index >= 15 is 0 Å². The van der Waals surface area contributed by atoms with E-state index in [1.807, 2.05) is 6.07 Å². The van der Waals surface area contributed by atoms with Gasteiger partial charge >= 0.3 is 0 Å². The molecule has 3 heteroatoms. The summed E-state index contributed by atoms with van der Waals surface area (Å²) in [7, 11) is 0. The summed E-state index contributed by atoms with van der Waals surface area (Å²) in [6, 6.07) is 2.56. The smallest absolute Gasteiger partial charge is 0.255 e. The van der Waals surface area contributed by atoms with Gasteiger partial charge in [-0.1, -0.05) is 13.8 Å². The molecule has 0 unspecified atom stereocenters. The van der Waals surface area contributed by atoms with Crippen LogP contribution in [0.15, 0.2) is 6.07 Å². The summed E-state index contributed by atoms with van der Waals surface area (Å²) in [6.07, 6.45) is 3.47. The number of carbonyl (C=O) groups excluding carboxylic acids is 1. The van der Waals surface area contributed by atoms with Crippen LogP contribution in [-0.2, 0) is 0 Å². The largest absolute Gasteiger partial charge is 0.336 e. The number of hydrogen-bond acceptors (Lipinski definition) is 2. The highest BCUT2D eigenvalue weighted by Gasteiger charge is 2.33. The minimum Gasteiger partial charge on any atom is -0.336 e. The molecule has 0 atom stereocenters. The molecule has 1 saturated carbocycles. The predicted molar refractivity (Wildman–Crippen MR) is 77.3 cm³/mol. The number of aryl methyl sites for hydroxylation is 2. The van der Waals surface area contributed by atoms with Crippen molar-refractivity contribution >= 4 is 17.2 Å². The zero-order chi connectivity index (χ0) is 13.3. The third-order valence-electron chi connectivity index (χ3n) is 3.47. The lowest BCUT2D eigenvalue weighted by molar-refractivity contribution is 0.0735. The topological polar surface area (TPSA) is 20.3 Å². The maximum absolute atomic E-state index is 12.6. The highest BCUT2D eigenvalue weighted by molar-refractivity contribution is 7.12. The molecule has 1 aromatic rings. The molecule has 1 aliphatic carbocycles. The zero-order valence-electron chi connectivity index (χ0n) is 11.8. The molecule has 100 valence electrons. The molecule has 0 spiro atoms. The van der Waals surface area contributed by atoms with Crippen LogP contribution in [-0.4, -0.2) is 23.4 Å². The summed E-state index contributed by atoms with van der Waals surface area (Å²) in [5.74, 6) is 0.907. The number of rotatable bonds is 5. The van der Waals surface area contributed by atoms with E-state index < -0.39 is 0 Å². The predicted octanol–water partition coefficient (Wildman–Crippen LogP) is 4.02. The molecule has 2 rings (SSSR count). The summed E-state index contributed by atoms with van der Waals surface area (Å²) < 4.78 is 0. The average molecular weight is 265 g/mol. The van der Waals surface area contributed by atoms with Crippen molar-refractivity contribution in [2.24, 2.45) is 5.92 Å². The Morgan fingerprint density at radius 1 is 1.44 bits per heavy atom. The molecule has 1 amide bonds. The lowest BCUT2D eigenvalue weighted by Gasteiger charge is -2.23. The van der Waals surface area contributed by atoms with Crippen LogP contribution in [0.25, 0.3) is 0 Å². The lowest BCUT2D eigenvalue weighted by Crippen LogP contribution is -2.34. The molecule has 1 aromatic heterocycles. The monoisotopic (exact) mass is 265 g/mol. The number of amides is 1. The second kappa shape index (κ2) is 5.43. The van der Waals surface area contributed by atoms with Gasteiger partial charge in [0.25, 0.3) is 5.91 Å². The molecule has 2 nitrogen and oxygen atoms in total. The minimum atomic E-state index is 0.250. The van der Waals surface area contributed by atoms with Crippen molar-refractivity contribution in [3.63, 3.8) is 0 Å². The molecular formula is C15H23NOS. The summed E-state index contributed by atoms with van der Waals surface area (Å²) in [4.78, 5) is 17.1. The Morgan fingerprint density at radius 3 is 2.56 bits per heavy atom. The molecule has 0 radical (unpaired) electrons. The van der Waals surface area contributed by atoms with Crippen LogP contribution in [0, 0.1) is 19.8 Å². The standard InChI is InChI=1S/C15H23NOS/c1-10(2)7-8-16(13-5-6-13)15(17)14-9-11(3)18-12(14)4/h9-10,13H,5-8H2,1-4H3. The van der Waals surface area contributed by atoms with Crippen molar-refractivity contribution < 1.29 is 4.79 Å². The first-order valence-corrected chi connectivity index (χ1v) is 7.68. The average Bonchev–Trinajstić information content (AvgIpc) is 3.04. The number of nitrogens with zero attached hydrogens (tertiary/aromatic N) is 1. The minimum absolute atomic E-state index is 0.250. The van der Waals surface area contributed by atoms with Crippen LogP contribution in [0.2, 0.25) is 0 Å². The molecule has 0 N–H and O–H groups in total. The quantitative estimate of drug-likeness (QED) is 0.787. The van der Waals surface area contributed by atoms with E-state index in [0.717, 1.165) is 23.4 Å². The Morgan fingerprint density at radius 2 is 2.11 bits per heavy atom. The van der Waals surface area contributed by atoms with Crippen molar-refractivity contribution in [3.05, 3.63) is 21.4 Å². The number of carbonyl (C=O) groups is 1. The van der Waals surface area contributed by atoms with Gasteiger partial charge in [0.15, 0.2) is 0 Å². The van der Waals surface area contributed by atoms with Gasteiger partial charge in [-0.15, -0.1) is 11.3 Å². The molecule has 1 heterocycles. The Kier molecular flexibility index (Phi) is 4.10. The Labute approximate surface area is 114 Å². The van der Waals surface area contributed by atoms with Gasteiger partial charge in [0.1, 0.15) is 0 Å². The van der Waals surface area contributed by atoms with E-state index in [4.69, 9.17) is 0 Å². The van der Waals surface area contributed by atoms with E-state index in [1.165, 1.54) is 17.7 Å². The van der Waals surface area contributed by atoms with Crippen molar-refractivity contribution in [2.45, 2.75) is 53.0 Å². The van der Waals surface area contributed by atoms with Gasteiger partial charge in [-0.2, -0.15) is 0 Å². The maximum Gasteiger partial charge on any atom is 0.255 e. The molecular weight excluding hydrogens is 242 g/mol. The van der Waals surface area contributed by atoms with E-state index in [1.54, 1.807) is 11.3 Å². The maximum atomic E-state index is 12.6. The summed E-state index contributed by atoms with van der Waals surface area (Å²) in [5.41, 5.74) is 0.924. The van der Waals surface area contributed by atoms with Gasteiger partial charge in [-0.05, 0) is 45.1 Å². The van der Waals surface area contributed by atoms with Crippen LogP contribution >= 0.6 is 11.3 Å². The fourth-order valence-electron chi connectivity index (χ4n) is 2.23. The summed E-state index contributed by atoms with van der Waals surface area (Å²) in [5, 5.41) is 0. The highest BCUT2D eigenvalue weighted by atomic mass is 32.1. The van der Waals surface area contributed by atoms with Crippen LogP contribution in [0.3, 0.4) is 0 Å². The zero-order valence-corrected chi connectivity index (χ0v) is 12.6. The first-order valence-electron chi connectivity index (χ1n) is 6.87. The second-order valence-electron chi connectivity index (χ2n) is 5.74. The van der Waals surface area contributed by atoms with Gasteiger partial charge in [-0.3, -0.25) is 4.79 Å². The van der Waals surface area contributed by atoms with Gasteiger partial charge < -0.3 is 4.90 Å². The fourth-order valence-corrected chi connectivity index (χ4v) is 3.15. The molecule has 1 aliphatic rings. The highest BCUT2D eigenvalue weighted by Crippen LogP contribution is 2.31. The van der Waals surface area contributed by atoms with E-state index in [9.17, 15) is 4.79 Å². The lowest BCUT2D eigenvalue weighted by atomic mass is 10.1. The van der Waals surface area contributed by atoms with Gasteiger partial charge in [0, 0.05) is 22.3 Å². The molecule has 0 bridgehead atoms. The van der Waals surface area contributed by atoms with Gasteiger partial charge in [0.05, 0.1) is 5.56 Å². The molecule has 0 saturated heterocycles. The number of hydrogen-bond donors (Lipinski definition) is 0. The number of thiophene rings is 1. The molecule has 0 aliphatic heterocycles. The van der Waals surface area contributed by atoms with E-state index in [2.05, 4.69) is 32.6 Å². The Balaban J connectivity index is 2.10. The van der Waals surface area contributed by atoms with Crippen LogP contribution < -0.4 is 0 Å². The Bertz CT molecular complexity index is 432. The van der Waals surface area contributed by atoms with Crippen molar-refractivity contribution in [1.29, 1.82) is 0 Å². The first-order chi connectivity index (χ1) is 8.49. The first kappa shape index (κ1) is 13.6. The molecule has 1 fully saturated rings. The van der Waals surface area contributed by atoms with E-state index in [0.29, 0.717) is 12.0 Å². The van der Waals surface area contributed by atoms with Crippen LogP contribution in [0.4, 0.5) is 0 Å². The summed E-state index contributed by atoms with van der Waals surface area (Å²) >= 11 is 1.72. The van der Waals surface area contributed by atoms with Gasteiger partial charge in [0.2, 0.25) is 0 Å². The van der Waals surface area contributed by atoms with Crippen molar-refractivity contribution in [1.82, 2.24) is 4.90 Å². The second-order valence-corrected chi connectivity index (χ2v) is 7.20. The van der Waals surface area contributed by atoms with E-state index in [-0.39, 0.29) is 5.91 Å². The third kappa shape index (κ3) is 3.14. The van der Waals surface area contributed by atoms with Gasteiger partial charge in [-0.25, -0.2) is 0 Å². The van der Waals surface area contributed by atoms with Crippen LogP contribution in [0.1, 0.15) is 53.2 Å². The third-order valence-corrected chi connectivity index (χ3v) is 4.43. The summed E-state index contributed by atoms with van der Waals surface area (Å²) in [6.45, 7) is 9.48.